The number of urea groups is 1. The number of benzene rings is 1. The highest BCUT2D eigenvalue weighted by atomic mass is 16.5. The molecule has 0 unspecified atom stereocenters. The maximum atomic E-state index is 12.0. The molecule has 1 saturated heterocycles. The second kappa shape index (κ2) is 7.85. The first-order chi connectivity index (χ1) is 11.0. The summed E-state index contributed by atoms with van der Waals surface area (Å²) in [6, 6.07) is 4.04. The third-order valence-electron chi connectivity index (χ3n) is 4.18. The van der Waals surface area contributed by atoms with E-state index in [1.807, 2.05) is 13.0 Å². The van der Waals surface area contributed by atoms with Crippen LogP contribution in [-0.2, 0) is 4.79 Å². The molecule has 1 heterocycles. The molecule has 0 spiro atoms. The number of amides is 3. The molecule has 23 heavy (non-hydrogen) atoms. The van der Waals surface area contributed by atoms with Crippen LogP contribution in [-0.4, -0.2) is 61.6 Å². The summed E-state index contributed by atoms with van der Waals surface area (Å²) in [7, 11) is 0. The van der Waals surface area contributed by atoms with Gasteiger partial charge in [-0.05, 0) is 43.5 Å². The number of nitrogens with one attached hydrogen (secondary N) is 1. The van der Waals surface area contributed by atoms with Gasteiger partial charge in [0.1, 0.15) is 12.4 Å². The Kier molecular flexibility index (Phi) is 5.84. The highest BCUT2D eigenvalue weighted by Crippen LogP contribution is 2.22. The van der Waals surface area contributed by atoms with E-state index in [2.05, 4.69) is 25.2 Å². The van der Waals surface area contributed by atoms with E-state index in [1.165, 1.54) is 11.1 Å². The SMILES string of the molecule is Cc1cc(C)c(OCCNC(=O)N2CCN(C=O)CC2)cc1C. The molecule has 6 nitrogen and oxygen atoms in total. The van der Waals surface area contributed by atoms with Gasteiger partial charge in [0.05, 0.1) is 6.54 Å². The molecule has 1 aliphatic rings. The van der Waals surface area contributed by atoms with E-state index in [0.717, 1.165) is 17.7 Å². The maximum absolute atomic E-state index is 12.0. The molecular formula is C17H25N3O3. The van der Waals surface area contributed by atoms with E-state index in [-0.39, 0.29) is 6.03 Å². The first-order valence-electron chi connectivity index (χ1n) is 7.94. The molecule has 6 heteroatoms. The largest absolute Gasteiger partial charge is 0.491 e. The van der Waals surface area contributed by atoms with Crippen molar-refractivity contribution >= 4 is 12.4 Å². The van der Waals surface area contributed by atoms with Gasteiger partial charge in [0.25, 0.3) is 0 Å². The third kappa shape index (κ3) is 4.61. The Hall–Kier alpha value is -2.24. The Morgan fingerprint density at radius 3 is 2.43 bits per heavy atom. The van der Waals surface area contributed by atoms with Gasteiger partial charge < -0.3 is 19.9 Å². The van der Waals surface area contributed by atoms with Crippen LogP contribution in [0, 0.1) is 20.8 Å². The molecule has 0 radical (unpaired) electrons. The normalized spacial score (nSPS) is 14.6. The topological polar surface area (TPSA) is 61.9 Å². The van der Waals surface area contributed by atoms with Crippen molar-refractivity contribution in [3.63, 3.8) is 0 Å². The average molecular weight is 319 g/mol. The summed E-state index contributed by atoms with van der Waals surface area (Å²) in [6.07, 6.45) is 0.828. The van der Waals surface area contributed by atoms with Crippen LogP contribution in [0.3, 0.4) is 0 Å². The van der Waals surface area contributed by atoms with Crippen LogP contribution in [0.1, 0.15) is 16.7 Å². The Morgan fingerprint density at radius 2 is 1.78 bits per heavy atom. The van der Waals surface area contributed by atoms with Crippen LogP contribution >= 0.6 is 0 Å². The van der Waals surface area contributed by atoms with E-state index in [0.29, 0.717) is 39.3 Å². The first-order valence-corrected chi connectivity index (χ1v) is 7.94. The minimum absolute atomic E-state index is 0.101. The number of piperazine rings is 1. The molecule has 1 aromatic carbocycles. The minimum atomic E-state index is -0.101. The summed E-state index contributed by atoms with van der Waals surface area (Å²) >= 11 is 0. The van der Waals surface area contributed by atoms with Gasteiger partial charge in [-0.15, -0.1) is 0 Å². The van der Waals surface area contributed by atoms with Gasteiger partial charge in [-0.25, -0.2) is 4.79 Å². The van der Waals surface area contributed by atoms with Crippen molar-refractivity contribution in [3.8, 4) is 5.75 Å². The van der Waals surface area contributed by atoms with Crippen molar-refractivity contribution in [3.05, 3.63) is 28.8 Å². The van der Waals surface area contributed by atoms with Crippen molar-refractivity contribution in [2.24, 2.45) is 0 Å². The molecule has 0 aliphatic carbocycles. The highest BCUT2D eigenvalue weighted by Gasteiger charge is 2.19. The van der Waals surface area contributed by atoms with Crippen LogP contribution in [0.5, 0.6) is 5.75 Å². The predicted octanol–water partition coefficient (Wildman–Crippen LogP) is 1.47. The Morgan fingerprint density at radius 1 is 1.13 bits per heavy atom. The molecule has 3 amide bonds. The van der Waals surface area contributed by atoms with E-state index in [4.69, 9.17) is 4.74 Å². The Bertz CT molecular complexity index is 566. The standard InChI is InChI=1S/C17H25N3O3/c1-13-10-15(3)16(11-14(13)2)23-9-4-18-17(22)20-7-5-19(12-21)6-8-20/h10-12H,4-9H2,1-3H3,(H,18,22). The number of aryl methyl sites for hydroxylation is 3. The number of hydrogen-bond donors (Lipinski definition) is 1. The zero-order chi connectivity index (χ0) is 16.8. The predicted molar refractivity (Wildman–Crippen MR) is 88.8 cm³/mol. The summed E-state index contributed by atoms with van der Waals surface area (Å²) in [6.45, 7) is 9.38. The van der Waals surface area contributed by atoms with Crippen molar-refractivity contribution in [1.29, 1.82) is 0 Å². The summed E-state index contributed by atoms with van der Waals surface area (Å²) < 4.78 is 5.76. The summed E-state index contributed by atoms with van der Waals surface area (Å²) in [4.78, 5) is 26.1. The number of hydrogen-bond acceptors (Lipinski definition) is 3. The summed E-state index contributed by atoms with van der Waals surface area (Å²) in [5.41, 5.74) is 3.55. The van der Waals surface area contributed by atoms with Crippen molar-refractivity contribution in [1.82, 2.24) is 15.1 Å². The fourth-order valence-corrected chi connectivity index (χ4v) is 2.55. The monoisotopic (exact) mass is 319 g/mol. The number of carbonyl (C=O) groups excluding carboxylic acids is 2. The number of ether oxygens (including phenoxy) is 1. The average Bonchev–Trinajstić information content (AvgIpc) is 2.55. The van der Waals surface area contributed by atoms with Gasteiger partial charge >= 0.3 is 6.03 Å². The van der Waals surface area contributed by atoms with Crippen molar-refractivity contribution in [2.75, 3.05) is 39.3 Å². The quantitative estimate of drug-likeness (QED) is 0.660. The maximum Gasteiger partial charge on any atom is 0.317 e. The van der Waals surface area contributed by atoms with Gasteiger partial charge in [0, 0.05) is 26.2 Å². The second-order valence-electron chi connectivity index (χ2n) is 5.91. The minimum Gasteiger partial charge on any atom is -0.491 e. The molecular weight excluding hydrogens is 294 g/mol. The molecule has 1 aliphatic heterocycles. The van der Waals surface area contributed by atoms with Crippen LogP contribution < -0.4 is 10.1 Å². The first kappa shape index (κ1) is 17.1. The van der Waals surface area contributed by atoms with Crippen LogP contribution in [0.15, 0.2) is 12.1 Å². The lowest BCUT2D eigenvalue weighted by Crippen LogP contribution is -2.51. The molecule has 0 bridgehead atoms. The lowest BCUT2D eigenvalue weighted by Gasteiger charge is -2.32. The highest BCUT2D eigenvalue weighted by molar-refractivity contribution is 5.74. The van der Waals surface area contributed by atoms with Gasteiger partial charge in [-0.3, -0.25) is 4.79 Å². The third-order valence-corrected chi connectivity index (χ3v) is 4.18. The van der Waals surface area contributed by atoms with Crippen LogP contribution in [0.2, 0.25) is 0 Å². The van der Waals surface area contributed by atoms with E-state index in [1.54, 1.807) is 9.80 Å². The molecule has 2 rings (SSSR count). The van der Waals surface area contributed by atoms with E-state index in [9.17, 15) is 9.59 Å². The zero-order valence-corrected chi connectivity index (χ0v) is 14.1. The van der Waals surface area contributed by atoms with Crippen molar-refractivity contribution < 1.29 is 14.3 Å². The lowest BCUT2D eigenvalue weighted by molar-refractivity contribution is -0.119. The Labute approximate surface area is 137 Å². The lowest BCUT2D eigenvalue weighted by atomic mass is 10.1. The van der Waals surface area contributed by atoms with Gasteiger partial charge in [-0.1, -0.05) is 6.07 Å². The number of nitrogens with zero attached hydrogens (tertiary/aromatic N) is 2. The number of rotatable bonds is 5. The number of carbonyl (C=O) groups is 2. The Balaban J connectivity index is 1.72. The molecule has 0 atom stereocenters. The molecule has 126 valence electrons. The summed E-state index contributed by atoms with van der Waals surface area (Å²) in [5.74, 6) is 0.863. The van der Waals surface area contributed by atoms with Gasteiger partial charge in [0.2, 0.25) is 6.41 Å². The summed E-state index contributed by atoms with van der Waals surface area (Å²) in [5, 5.41) is 2.86. The van der Waals surface area contributed by atoms with Crippen molar-refractivity contribution in [2.45, 2.75) is 20.8 Å². The second-order valence-corrected chi connectivity index (χ2v) is 5.91. The molecule has 1 N–H and O–H groups in total. The molecule has 1 fully saturated rings. The fraction of sp³-hybridized carbons (Fsp3) is 0.529. The van der Waals surface area contributed by atoms with E-state index < -0.39 is 0 Å². The molecule has 0 saturated carbocycles. The zero-order valence-electron chi connectivity index (χ0n) is 14.1. The van der Waals surface area contributed by atoms with Crippen LogP contribution in [0.4, 0.5) is 4.79 Å². The fourth-order valence-electron chi connectivity index (χ4n) is 2.55. The van der Waals surface area contributed by atoms with Crippen LogP contribution in [0.25, 0.3) is 0 Å². The van der Waals surface area contributed by atoms with E-state index >= 15 is 0 Å². The van der Waals surface area contributed by atoms with Gasteiger partial charge in [0.15, 0.2) is 0 Å². The van der Waals surface area contributed by atoms with Gasteiger partial charge in [-0.2, -0.15) is 0 Å². The molecule has 0 aromatic heterocycles. The molecule has 1 aromatic rings. The smallest absolute Gasteiger partial charge is 0.317 e.